The number of nitrogens with zero attached hydrogens (tertiary/aromatic N) is 1. The number of carbonyl (C=O) groups excluding carboxylic acids is 2. The monoisotopic (exact) mass is 294 g/mol. The summed E-state index contributed by atoms with van der Waals surface area (Å²) in [6.45, 7) is 3.12. The first-order chi connectivity index (χ1) is 6.81. The summed E-state index contributed by atoms with van der Waals surface area (Å²) in [7, 11) is 0. The second kappa shape index (κ2) is 4.92. The second-order valence-electron chi connectivity index (χ2n) is 3.91. The quantitative estimate of drug-likeness (QED) is 0.720. The highest BCUT2D eigenvalue weighted by molar-refractivity contribution is 8.93. The van der Waals surface area contributed by atoms with E-state index in [9.17, 15) is 14.4 Å². The Morgan fingerprint density at radius 2 is 1.75 bits per heavy atom. The highest BCUT2D eigenvalue weighted by Gasteiger charge is 2.51. The summed E-state index contributed by atoms with van der Waals surface area (Å²) in [5.74, 6) is -2.93. The molecule has 1 heterocycles. The summed E-state index contributed by atoms with van der Waals surface area (Å²) in [4.78, 5) is 34.6. The van der Waals surface area contributed by atoms with Crippen LogP contribution < -0.4 is 5.73 Å². The third-order valence-corrected chi connectivity index (χ3v) is 2.64. The Balaban J connectivity index is 0.00000225. The van der Waals surface area contributed by atoms with E-state index in [1.165, 1.54) is 0 Å². The minimum Gasteiger partial charge on any atom is -0.478 e. The van der Waals surface area contributed by atoms with E-state index in [0.717, 1.165) is 0 Å². The number of hydrogen-bond donors (Lipinski definition) is 2. The van der Waals surface area contributed by atoms with Crippen molar-refractivity contribution in [3.8, 4) is 0 Å². The van der Waals surface area contributed by atoms with Gasteiger partial charge in [0.05, 0.1) is 0 Å². The van der Waals surface area contributed by atoms with Gasteiger partial charge < -0.3 is 5.11 Å². The molecule has 0 aliphatic carbocycles. The molecule has 1 aliphatic heterocycles. The van der Waals surface area contributed by atoms with Gasteiger partial charge >= 0.3 is 5.97 Å². The highest BCUT2D eigenvalue weighted by atomic mass is 79.9. The molecule has 0 bridgehead atoms. The standard InChI is InChI=1S/C9H14N2O4.BrH/c1-5(2)9(10,8(14)15)11-6(12)3-4-7(11)13;/h5H,3-4,10H2,1-2H3,(H,14,15);1H/t9-;/m0./s1. The van der Waals surface area contributed by atoms with Crippen molar-refractivity contribution in [1.82, 2.24) is 4.90 Å². The van der Waals surface area contributed by atoms with E-state index in [1.807, 2.05) is 0 Å². The molecule has 2 amide bonds. The van der Waals surface area contributed by atoms with Crippen molar-refractivity contribution in [1.29, 1.82) is 0 Å². The van der Waals surface area contributed by atoms with E-state index in [1.54, 1.807) is 13.8 Å². The molecule has 0 aromatic carbocycles. The van der Waals surface area contributed by atoms with Gasteiger partial charge in [-0.3, -0.25) is 20.2 Å². The summed E-state index contributed by atoms with van der Waals surface area (Å²) >= 11 is 0. The van der Waals surface area contributed by atoms with Crippen molar-refractivity contribution >= 4 is 34.8 Å². The Labute approximate surface area is 104 Å². The maximum Gasteiger partial charge on any atom is 0.345 e. The average molecular weight is 295 g/mol. The fourth-order valence-corrected chi connectivity index (χ4v) is 1.59. The first-order valence-electron chi connectivity index (χ1n) is 4.70. The van der Waals surface area contributed by atoms with Crippen LogP contribution in [0, 0.1) is 5.92 Å². The van der Waals surface area contributed by atoms with Gasteiger partial charge in [-0.15, -0.1) is 17.0 Å². The number of carbonyl (C=O) groups is 3. The number of carboxylic acid groups (broad SMARTS) is 1. The number of imide groups is 1. The van der Waals surface area contributed by atoms with Crippen molar-refractivity contribution in [3.05, 3.63) is 0 Å². The van der Waals surface area contributed by atoms with Crippen LogP contribution in [-0.4, -0.2) is 33.5 Å². The number of nitrogens with two attached hydrogens (primary N) is 1. The topological polar surface area (TPSA) is 101 Å². The van der Waals surface area contributed by atoms with Crippen LogP contribution in [0.2, 0.25) is 0 Å². The lowest BCUT2D eigenvalue weighted by molar-refractivity contribution is -0.166. The lowest BCUT2D eigenvalue weighted by Crippen LogP contribution is -2.66. The maximum absolute atomic E-state index is 11.4. The minimum atomic E-state index is -1.93. The lowest BCUT2D eigenvalue weighted by atomic mass is 9.95. The van der Waals surface area contributed by atoms with Crippen molar-refractivity contribution in [2.45, 2.75) is 32.4 Å². The van der Waals surface area contributed by atoms with Crippen LogP contribution in [0.25, 0.3) is 0 Å². The molecular formula is C9H15BrN2O4. The molecule has 0 aromatic heterocycles. The number of carboxylic acids is 1. The van der Waals surface area contributed by atoms with Crippen LogP contribution in [0.4, 0.5) is 0 Å². The molecule has 3 N–H and O–H groups in total. The van der Waals surface area contributed by atoms with Gasteiger partial charge in [0.1, 0.15) is 0 Å². The SMILES string of the molecule is Br.CC(C)[C@@](N)(C(=O)O)N1C(=O)CCC1=O. The molecule has 1 saturated heterocycles. The number of aliphatic carboxylic acids is 1. The molecule has 1 rings (SSSR count). The summed E-state index contributed by atoms with van der Waals surface area (Å²) in [5, 5.41) is 9.03. The first kappa shape index (κ1) is 15.0. The Morgan fingerprint density at radius 1 is 1.38 bits per heavy atom. The van der Waals surface area contributed by atoms with E-state index < -0.39 is 29.4 Å². The van der Waals surface area contributed by atoms with Crippen LogP contribution in [0.15, 0.2) is 0 Å². The largest absolute Gasteiger partial charge is 0.478 e. The predicted octanol–water partition coefficient (Wildman–Crippen LogP) is 0.109. The molecule has 0 spiro atoms. The first-order valence-corrected chi connectivity index (χ1v) is 4.70. The predicted molar refractivity (Wildman–Crippen MR) is 60.8 cm³/mol. The molecule has 1 aliphatic rings. The fraction of sp³-hybridized carbons (Fsp3) is 0.667. The van der Waals surface area contributed by atoms with Crippen molar-refractivity contribution < 1.29 is 19.5 Å². The zero-order valence-electron chi connectivity index (χ0n) is 9.10. The number of rotatable bonds is 3. The molecule has 16 heavy (non-hydrogen) atoms. The molecule has 0 saturated carbocycles. The van der Waals surface area contributed by atoms with Gasteiger partial charge in [-0.1, -0.05) is 13.8 Å². The minimum absolute atomic E-state index is 0. The zero-order chi connectivity index (χ0) is 11.8. The van der Waals surface area contributed by atoms with Crippen molar-refractivity contribution in [2.75, 3.05) is 0 Å². The Kier molecular flexibility index (Phi) is 4.63. The zero-order valence-corrected chi connectivity index (χ0v) is 10.8. The molecular weight excluding hydrogens is 280 g/mol. The highest BCUT2D eigenvalue weighted by Crippen LogP contribution is 2.26. The van der Waals surface area contributed by atoms with E-state index in [-0.39, 0.29) is 29.8 Å². The summed E-state index contributed by atoms with van der Waals surface area (Å²) in [6.07, 6.45) is 0.0789. The number of hydrogen-bond acceptors (Lipinski definition) is 4. The Hall–Kier alpha value is -0.950. The number of amides is 2. The van der Waals surface area contributed by atoms with Crippen LogP contribution in [0.5, 0.6) is 0 Å². The second-order valence-corrected chi connectivity index (χ2v) is 3.91. The third kappa shape index (κ3) is 2.10. The summed E-state index contributed by atoms with van der Waals surface area (Å²) in [5.41, 5.74) is 3.73. The summed E-state index contributed by atoms with van der Waals surface area (Å²) in [6, 6.07) is 0. The van der Waals surface area contributed by atoms with Gasteiger partial charge in [0.2, 0.25) is 11.8 Å². The van der Waals surface area contributed by atoms with Gasteiger partial charge in [-0.05, 0) is 0 Å². The molecule has 1 fully saturated rings. The van der Waals surface area contributed by atoms with E-state index in [2.05, 4.69) is 0 Å². The van der Waals surface area contributed by atoms with Gasteiger partial charge in [-0.25, -0.2) is 4.79 Å². The van der Waals surface area contributed by atoms with E-state index in [0.29, 0.717) is 4.90 Å². The lowest BCUT2D eigenvalue weighted by Gasteiger charge is -2.36. The fourth-order valence-electron chi connectivity index (χ4n) is 1.59. The molecule has 92 valence electrons. The van der Waals surface area contributed by atoms with Crippen LogP contribution in [-0.2, 0) is 14.4 Å². The Morgan fingerprint density at radius 3 is 2.00 bits per heavy atom. The van der Waals surface area contributed by atoms with Crippen molar-refractivity contribution in [2.24, 2.45) is 11.7 Å². The smallest absolute Gasteiger partial charge is 0.345 e. The van der Waals surface area contributed by atoms with E-state index in [4.69, 9.17) is 10.8 Å². The van der Waals surface area contributed by atoms with Crippen LogP contribution in [0.3, 0.4) is 0 Å². The van der Waals surface area contributed by atoms with E-state index >= 15 is 0 Å². The van der Waals surface area contributed by atoms with Gasteiger partial charge in [0, 0.05) is 18.8 Å². The molecule has 7 heteroatoms. The summed E-state index contributed by atoms with van der Waals surface area (Å²) < 4.78 is 0. The van der Waals surface area contributed by atoms with Crippen LogP contribution >= 0.6 is 17.0 Å². The molecule has 0 aromatic rings. The third-order valence-electron chi connectivity index (χ3n) is 2.64. The molecule has 6 nitrogen and oxygen atoms in total. The number of likely N-dealkylation sites (tertiary alicyclic amines) is 1. The van der Waals surface area contributed by atoms with Crippen molar-refractivity contribution in [3.63, 3.8) is 0 Å². The molecule has 1 atom stereocenters. The van der Waals surface area contributed by atoms with Gasteiger partial charge in [0.15, 0.2) is 5.66 Å². The Bertz CT molecular complexity index is 315. The van der Waals surface area contributed by atoms with Crippen LogP contribution in [0.1, 0.15) is 26.7 Å². The maximum atomic E-state index is 11.4. The van der Waals surface area contributed by atoms with Gasteiger partial charge in [-0.2, -0.15) is 0 Å². The van der Waals surface area contributed by atoms with Gasteiger partial charge in [0.25, 0.3) is 0 Å². The normalized spacial score (nSPS) is 19.6. The molecule has 0 unspecified atom stereocenters. The molecule has 0 radical (unpaired) electrons. The average Bonchev–Trinajstić information content (AvgIpc) is 2.44. The number of halogens is 1.